The van der Waals surface area contributed by atoms with Crippen LogP contribution in [-0.2, 0) is 9.47 Å². The Bertz CT molecular complexity index is 406. The molecule has 0 aromatic carbocycles. The summed E-state index contributed by atoms with van der Waals surface area (Å²) in [6, 6.07) is 1.90. The van der Waals surface area contributed by atoms with Crippen molar-refractivity contribution in [2.45, 2.75) is 37.9 Å². The van der Waals surface area contributed by atoms with E-state index in [9.17, 15) is 5.11 Å². The Kier molecular flexibility index (Phi) is 3.18. The van der Waals surface area contributed by atoms with Crippen LogP contribution in [0.5, 0.6) is 0 Å². The first-order valence-electron chi connectivity index (χ1n) is 6.64. The third-order valence-corrected chi connectivity index (χ3v) is 4.22. The van der Waals surface area contributed by atoms with E-state index in [-0.39, 0.29) is 11.5 Å². The maximum atomic E-state index is 10.5. The fourth-order valence-electron chi connectivity index (χ4n) is 3.10. The van der Waals surface area contributed by atoms with Crippen LogP contribution in [0.3, 0.4) is 0 Å². The van der Waals surface area contributed by atoms with E-state index in [0.717, 1.165) is 31.4 Å². The number of aliphatic hydroxyl groups excluding tert-OH is 1. The van der Waals surface area contributed by atoms with Crippen LogP contribution in [0, 0.1) is 12.8 Å². The summed E-state index contributed by atoms with van der Waals surface area (Å²) in [6.45, 7) is 4.09. The maximum absolute atomic E-state index is 10.5. The SMILES string of the molecule is Cc1ccoc1C(O)C1CCOC2(CCOC2)C1. The van der Waals surface area contributed by atoms with Crippen molar-refractivity contribution < 1.29 is 19.0 Å². The molecule has 2 fully saturated rings. The molecule has 1 aromatic heterocycles. The molecule has 2 saturated heterocycles. The molecule has 1 N–H and O–H groups in total. The first-order chi connectivity index (χ1) is 8.70. The van der Waals surface area contributed by atoms with Crippen molar-refractivity contribution in [3.05, 3.63) is 23.7 Å². The molecular formula is C14H20O4. The molecule has 4 heteroatoms. The van der Waals surface area contributed by atoms with Gasteiger partial charge in [-0.05, 0) is 37.3 Å². The number of hydrogen-bond donors (Lipinski definition) is 1. The minimum absolute atomic E-state index is 0.162. The number of furan rings is 1. The van der Waals surface area contributed by atoms with Crippen LogP contribution in [0.15, 0.2) is 16.7 Å². The highest BCUT2D eigenvalue weighted by atomic mass is 16.6. The molecule has 2 aliphatic heterocycles. The Morgan fingerprint density at radius 1 is 1.44 bits per heavy atom. The lowest BCUT2D eigenvalue weighted by atomic mass is 9.81. The summed E-state index contributed by atoms with van der Waals surface area (Å²) in [4.78, 5) is 0. The number of ether oxygens (including phenoxy) is 2. The summed E-state index contributed by atoms with van der Waals surface area (Å²) >= 11 is 0. The van der Waals surface area contributed by atoms with Gasteiger partial charge in [-0.2, -0.15) is 0 Å². The molecule has 100 valence electrons. The molecule has 0 saturated carbocycles. The van der Waals surface area contributed by atoms with Gasteiger partial charge in [0, 0.05) is 19.6 Å². The molecule has 0 bridgehead atoms. The highest BCUT2D eigenvalue weighted by Crippen LogP contribution is 2.41. The molecule has 18 heavy (non-hydrogen) atoms. The Morgan fingerprint density at radius 2 is 2.33 bits per heavy atom. The Balaban J connectivity index is 1.74. The summed E-state index contributed by atoms with van der Waals surface area (Å²) in [5.41, 5.74) is 0.857. The van der Waals surface area contributed by atoms with Crippen LogP contribution in [-0.4, -0.2) is 30.5 Å². The van der Waals surface area contributed by atoms with Crippen LogP contribution in [0.25, 0.3) is 0 Å². The van der Waals surface area contributed by atoms with E-state index < -0.39 is 6.10 Å². The minimum atomic E-state index is -0.527. The monoisotopic (exact) mass is 252 g/mol. The van der Waals surface area contributed by atoms with Gasteiger partial charge in [0.1, 0.15) is 11.9 Å². The highest BCUT2D eigenvalue weighted by Gasteiger charge is 2.43. The maximum Gasteiger partial charge on any atom is 0.135 e. The fourth-order valence-corrected chi connectivity index (χ4v) is 3.10. The fraction of sp³-hybridized carbons (Fsp3) is 0.714. The lowest BCUT2D eigenvalue weighted by Gasteiger charge is -2.38. The van der Waals surface area contributed by atoms with Crippen molar-refractivity contribution in [3.8, 4) is 0 Å². The van der Waals surface area contributed by atoms with E-state index in [1.165, 1.54) is 0 Å². The average molecular weight is 252 g/mol. The normalized spacial score (nSPS) is 34.0. The second-order valence-electron chi connectivity index (χ2n) is 5.50. The zero-order chi connectivity index (χ0) is 12.6. The van der Waals surface area contributed by atoms with Gasteiger partial charge in [-0.3, -0.25) is 0 Å². The van der Waals surface area contributed by atoms with E-state index in [1.807, 2.05) is 13.0 Å². The van der Waals surface area contributed by atoms with E-state index in [4.69, 9.17) is 13.9 Å². The summed E-state index contributed by atoms with van der Waals surface area (Å²) in [5, 5.41) is 10.5. The lowest BCUT2D eigenvalue weighted by Crippen LogP contribution is -2.41. The summed E-state index contributed by atoms with van der Waals surface area (Å²) < 4.78 is 16.7. The molecule has 3 heterocycles. The second kappa shape index (κ2) is 4.68. The molecule has 1 spiro atoms. The molecule has 3 rings (SSSR count). The van der Waals surface area contributed by atoms with Gasteiger partial charge < -0.3 is 19.0 Å². The molecule has 4 nitrogen and oxygen atoms in total. The third kappa shape index (κ3) is 2.09. The predicted molar refractivity (Wildman–Crippen MR) is 65.2 cm³/mol. The number of aliphatic hydroxyl groups is 1. The van der Waals surface area contributed by atoms with Crippen molar-refractivity contribution >= 4 is 0 Å². The predicted octanol–water partition coefficient (Wildman–Crippen LogP) is 2.21. The largest absolute Gasteiger partial charge is 0.466 e. The lowest BCUT2D eigenvalue weighted by molar-refractivity contribution is -0.119. The van der Waals surface area contributed by atoms with E-state index in [0.29, 0.717) is 19.0 Å². The van der Waals surface area contributed by atoms with Gasteiger partial charge in [-0.25, -0.2) is 0 Å². The minimum Gasteiger partial charge on any atom is -0.466 e. The van der Waals surface area contributed by atoms with Gasteiger partial charge in [0.25, 0.3) is 0 Å². The Labute approximate surface area is 107 Å². The van der Waals surface area contributed by atoms with E-state index in [2.05, 4.69) is 0 Å². The summed E-state index contributed by atoms with van der Waals surface area (Å²) in [6.07, 6.45) is 3.79. The van der Waals surface area contributed by atoms with Crippen molar-refractivity contribution in [3.63, 3.8) is 0 Å². The third-order valence-electron chi connectivity index (χ3n) is 4.22. The molecule has 0 aliphatic carbocycles. The molecular weight excluding hydrogens is 232 g/mol. The van der Waals surface area contributed by atoms with Gasteiger partial charge in [0.15, 0.2) is 0 Å². The number of aryl methyl sites for hydroxylation is 1. The van der Waals surface area contributed by atoms with Crippen LogP contribution in [0.4, 0.5) is 0 Å². The molecule has 0 amide bonds. The smallest absolute Gasteiger partial charge is 0.135 e. The van der Waals surface area contributed by atoms with Gasteiger partial charge in [-0.15, -0.1) is 0 Å². The van der Waals surface area contributed by atoms with E-state index >= 15 is 0 Å². The highest BCUT2D eigenvalue weighted by molar-refractivity contribution is 5.18. The zero-order valence-electron chi connectivity index (χ0n) is 10.7. The van der Waals surface area contributed by atoms with Crippen LogP contribution < -0.4 is 0 Å². The second-order valence-corrected chi connectivity index (χ2v) is 5.50. The average Bonchev–Trinajstić information content (AvgIpc) is 2.98. The van der Waals surface area contributed by atoms with Crippen LogP contribution in [0.2, 0.25) is 0 Å². The topological polar surface area (TPSA) is 51.8 Å². The first-order valence-corrected chi connectivity index (χ1v) is 6.64. The van der Waals surface area contributed by atoms with Crippen molar-refractivity contribution in [1.29, 1.82) is 0 Å². The van der Waals surface area contributed by atoms with Gasteiger partial charge in [0.2, 0.25) is 0 Å². The number of hydrogen-bond acceptors (Lipinski definition) is 4. The van der Waals surface area contributed by atoms with Crippen molar-refractivity contribution in [2.24, 2.45) is 5.92 Å². The summed E-state index contributed by atoms with van der Waals surface area (Å²) in [7, 11) is 0. The quantitative estimate of drug-likeness (QED) is 0.876. The number of rotatable bonds is 2. The van der Waals surface area contributed by atoms with Crippen LogP contribution in [0.1, 0.15) is 36.7 Å². The van der Waals surface area contributed by atoms with E-state index in [1.54, 1.807) is 6.26 Å². The molecule has 3 atom stereocenters. The molecule has 2 aliphatic rings. The zero-order valence-corrected chi connectivity index (χ0v) is 10.7. The van der Waals surface area contributed by atoms with Gasteiger partial charge in [-0.1, -0.05) is 0 Å². The standard InChI is InChI=1S/C14H20O4/c1-10-2-5-17-13(10)12(15)11-3-6-18-14(8-11)4-7-16-9-14/h2,5,11-12,15H,3-4,6-9H2,1H3. The molecule has 3 unspecified atom stereocenters. The van der Waals surface area contributed by atoms with Gasteiger partial charge in [0.05, 0.1) is 18.5 Å². The van der Waals surface area contributed by atoms with Gasteiger partial charge >= 0.3 is 0 Å². The van der Waals surface area contributed by atoms with Crippen LogP contribution >= 0.6 is 0 Å². The first kappa shape index (κ1) is 12.2. The van der Waals surface area contributed by atoms with Crippen molar-refractivity contribution in [1.82, 2.24) is 0 Å². The van der Waals surface area contributed by atoms with Crippen molar-refractivity contribution in [2.75, 3.05) is 19.8 Å². The molecule has 1 aromatic rings. The molecule has 0 radical (unpaired) electrons. The summed E-state index contributed by atoms with van der Waals surface area (Å²) in [5.74, 6) is 0.904. The Morgan fingerprint density at radius 3 is 3.00 bits per heavy atom. The Hall–Kier alpha value is -0.840.